The third-order valence-electron chi connectivity index (χ3n) is 8.99. The van der Waals surface area contributed by atoms with Gasteiger partial charge in [-0.1, -0.05) is 27.2 Å². The molecule has 0 amide bonds. The molecule has 4 aliphatic carbocycles. The van der Waals surface area contributed by atoms with Crippen LogP contribution in [0.2, 0.25) is 0 Å². The molecule has 7 atom stereocenters. The van der Waals surface area contributed by atoms with E-state index in [1.165, 1.54) is 57.8 Å². The third-order valence-corrected chi connectivity index (χ3v) is 8.99. The molecule has 4 aliphatic rings. The first kappa shape index (κ1) is 15.2. The van der Waals surface area contributed by atoms with Crippen molar-refractivity contribution in [2.24, 2.45) is 40.4 Å². The average molecular weight is 303 g/mol. The zero-order chi connectivity index (χ0) is 15.5. The number of ketones is 1. The Morgan fingerprint density at radius 1 is 1.05 bits per heavy atom. The molecule has 0 spiro atoms. The van der Waals surface area contributed by atoms with Crippen LogP contribution in [0, 0.1) is 40.4 Å². The summed E-state index contributed by atoms with van der Waals surface area (Å²) < 4.78 is 0. The molecule has 1 nitrogen and oxygen atoms in total. The molecule has 0 radical (unpaired) electrons. The summed E-state index contributed by atoms with van der Waals surface area (Å²) in [5.74, 6) is 5.07. The Balaban J connectivity index is 1.66. The summed E-state index contributed by atoms with van der Waals surface area (Å²) in [5, 5.41) is 0. The normalized spacial score (nSPS) is 54.5. The Morgan fingerprint density at radius 3 is 2.64 bits per heavy atom. The Kier molecular flexibility index (Phi) is 3.51. The monoisotopic (exact) mass is 302 g/mol. The van der Waals surface area contributed by atoms with E-state index in [-0.39, 0.29) is 5.41 Å². The van der Waals surface area contributed by atoms with Crippen molar-refractivity contribution in [3.8, 4) is 0 Å². The molecule has 1 heteroatoms. The molecule has 4 rings (SSSR count). The summed E-state index contributed by atoms with van der Waals surface area (Å²) in [4.78, 5) is 12.5. The van der Waals surface area contributed by atoms with Crippen molar-refractivity contribution < 1.29 is 4.79 Å². The van der Waals surface area contributed by atoms with Crippen LogP contribution >= 0.6 is 0 Å². The predicted octanol–water partition coefficient (Wildman–Crippen LogP) is 5.62. The van der Waals surface area contributed by atoms with Gasteiger partial charge in [0.15, 0.2) is 0 Å². The topological polar surface area (TPSA) is 17.1 Å². The van der Waals surface area contributed by atoms with Crippen LogP contribution in [0.15, 0.2) is 0 Å². The van der Waals surface area contributed by atoms with E-state index in [2.05, 4.69) is 20.8 Å². The van der Waals surface area contributed by atoms with Crippen molar-refractivity contribution in [1.29, 1.82) is 0 Å². The lowest BCUT2D eigenvalue weighted by molar-refractivity contribution is -0.143. The summed E-state index contributed by atoms with van der Waals surface area (Å²) in [7, 11) is 0. The first-order chi connectivity index (χ1) is 10.5. The van der Waals surface area contributed by atoms with Gasteiger partial charge in [0.2, 0.25) is 0 Å². The molecule has 124 valence electrons. The summed E-state index contributed by atoms with van der Waals surface area (Å²) in [6, 6.07) is 0. The van der Waals surface area contributed by atoms with E-state index in [0.717, 1.165) is 36.0 Å². The van der Waals surface area contributed by atoms with Crippen molar-refractivity contribution in [1.82, 2.24) is 0 Å². The zero-order valence-electron chi connectivity index (χ0n) is 14.9. The Bertz CT molecular complexity index is 469. The number of fused-ring (bicyclic) bond motifs is 5. The van der Waals surface area contributed by atoms with E-state index in [0.29, 0.717) is 11.2 Å². The van der Waals surface area contributed by atoms with Crippen molar-refractivity contribution >= 4 is 5.78 Å². The number of hydrogen-bond acceptors (Lipinski definition) is 1. The van der Waals surface area contributed by atoms with Crippen LogP contribution in [0.4, 0.5) is 0 Å². The highest BCUT2D eigenvalue weighted by atomic mass is 16.1. The fourth-order valence-corrected chi connectivity index (χ4v) is 7.75. The Morgan fingerprint density at radius 2 is 1.86 bits per heavy atom. The van der Waals surface area contributed by atoms with Crippen LogP contribution in [0.1, 0.15) is 85.0 Å². The molecule has 0 aromatic rings. The minimum Gasteiger partial charge on any atom is -0.299 e. The Hall–Kier alpha value is -0.330. The molecule has 0 saturated heterocycles. The second kappa shape index (κ2) is 5.08. The molecule has 0 aromatic heterocycles. The maximum Gasteiger partial charge on any atom is 0.139 e. The highest BCUT2D eigenvalue weighted by Gasteiger charge is 2.60. The molecular formula is C21H34O. The van der Waals surface area contributed by atoms with E-state index < -0.39 is 0 Å². The minimum absolute atomic E-state index is 0.0604. The van der Waals surface area contributed by atoms with Gasteiger partial charge in [-0.15, -0.1) is 0 Å². The largest absolute Gasteiger partial charge is 0.299 e. The molecule has 22 heavy (non-hydrogen) atoms. The van der Waals surface area contributed by atoms with Crippen LogP contribution < -0.4 is 0 Å². The second-order valence-electron chi connectivity index (χ2n) is 9.54. The Labute approximate surface area is 136 Å². The van der Waals surface area contributed by atoms with Gasteiger partial charge in [0.05, 0.1) is 0 Å². The zero-order valence-corrected chi connectivity index (χ0v) is 14.9. The minimum atomic E-state index is 0.0604. The van der Waals surface area contributed by atoms with Crippen molar-refractivity contribution in [2.75, 3.05) is 0 Å². The van der Waals surface area contributed by atoms with Crippen molar-refractivity contribution in [3.63, 3.8) is 0 Å². The van der Waals surface area contributed by atoms with Gasteiger partial charge < -0.3 is 0 Å². The van der Waals surface area contributed by atoms with Crippen LogP contribution in [-0.4, -0.2) is 5.78 Å². The molecule has 4 fully saturated rings. The maximum absolute atomic E-state index is 12.5. The van der Waals surface area contributed by atoms with Crippen LogP contribution in [0.25, 0.3) is 0 Å². The van der Waals surface area contributed by atoms with E-state index in [1.807, 2.05) is 0 Å². The van der Waals surface area contributed by atoms with Gasteiger partial charge in [-0.3, -0.25) is 4.79 Å². The van der Waals surface area contributed by atoms with Gasteiger partial charge >= 0.3 is 0 Å². The summed E-state index contributed by atoms with van der Waals surface area (Å²) >= 11 is 0. The highest BCUT2D eigenvalue weighted by Crippen LogP contribution is 2.66. The van der Waals surface area contributed by atoms with E-state index in [9.17, 15) is 4.79 Å². The van der Waals surface area contributed by atoms with Crippen LogP contribution in [0.5, 0.6) is 0 Å². The summed E-state index contributed by atoms with van der Waals surface area (Å²) in [6.45, 7) is 7.26. The molecule has 0 bridgehead atoms. The fraction of sp³-hybridized carbons (Fsp3) is 0.952. The van der Waals surface area contributed by atoms with E-state index in [4.69, 9.17) is 0 Å². The van der Waals surface area contributed by atoms with Gasteiger partial charge in [-0.2, -0.15) is 0 Å². The molecule has 0 aromatic carbocycles. The standard InChI is InChI=1S/C21H34O/c1-4-21-12-9-14(2)13-15(21)5-6-16-17-7-8-19(22)20(17,3)11-10-18(16)21/h14-18H,4-13H2,1-3H3/t14-,15+,16+,17+,18+,20+,21+/m1/s1. The number of carbonyl (C=O) groups is 1. The number of rotatable bonds is 1. The van der Waals surface area contributed by atoms with Crippen molar-refractivity contribution in [2.45, 2.75) is 85.0 Å². The van der Waals surface area contributed by atoms with E-state index >= 15 is 0 Å². The number of hydrogen-bond donors (Lipinski definition) is 0. The molecule has 0 N–H and O–H groups in total. The lowest BCUT2D eigenvalue weighted by Crippen LogP contribution is -2.54. The SMILES string of the molecule is CC[C@]12CC[C@@H](C)C[C@@H]1CC[C@@H]1[C@@H]2CC[C@]2(C)C(=O)CC[C@@H]12. The fourth-order valence-electron chi connectivity index (χ4n) is 7.75. The van der Waals surface area contributed by atoms with E-state index in [1.54, 1.807) is 0 Å². The third kappa shape index (κ3) is 1.86. The quantitative estimate of drug-likeness (QED) is 0.614. The van der Waals surface area contributed by atoms with Crippen LogP contribution in [-0.2, 0) is 4.79 Å². The molecule has 0 aliphatic heterocycles. The van der Waals surface area contributed by atoms with Gasteiger partial charge in [0.25, 0.3) is 0 Å². The number of Topliss-reactive ketones (excluding diaryl/α,β-unsaturated/α-hetero) is 1. The molecule has 0 heterocycles. The number of carbonyl (C=O) groups excluding carboxylic acids is 1. The maximum atomic E-state index is 12.5. The first-order valence-electron chi connectivity index (χ1n) is 10.0. The summed E-state index contributed by atoms with van der Waals surface area (Å²) in [5.41, 5.74) is 0.702. The van der Waals surface area contributed by atoms with Gasteiger partial charge in [-0.05, 0) is 86.4 Å². The van der Waals surface area contributed by atoms with Crippen LogP contribution in [0.3, 0.4) is 0 Å². The molecule has 0 unspecified atom stereocenters. The average Bonchev–Trinajstić information content (AvgIpc) is 2.82. The lowest BCUT2D eigenvalue weighted by atomic mass is 9.43. The van der Waals surface area contributed by atoms with Gasteiger partial charge in [0.1, 0.15) is 5.78 Å². The summed E-state index contributed by atoms with van der Waals surface area (Å²) in [6.07, 6.45) is 13.3. The second-order valence-corrected chi connectivity index (χ2v) is 9.54. The van der Waals surface area contributed by atoms with Crippen molar-refractivity contribution in [3.05, 3.63) is 0 Å². The predicted molar refractivity (Wildman–Crippen MR) is 90.5 cm³/mol. The molecule has 4 saturated carbocycles. The lowest BCUT2D eigenvalue weighted by Gasteiger charge is -2.61. The smallest absolute Gasteiger partial charge is 0.139 e. The van der Waals surface area contributed by atoms with Gasteiger partial charge in [0, 0.05) is 11.8 Å². The molecular weight excluding hydrogens is 268 g/mol. The van der Waals surface area contributed by atoms with Gasteiger partial charge in [-0.25, -0.2) is 0 Å². The highest BCUT2D eigenvalue weighted by molar-refractivity contribution is 5.87. The first-order valence-corrected chi connectivity index (χ1v) is 10.0.